The molecule has 4 rings (SSSR count). The van der Waals surface area contributed by atoms with E-state index >= 15 is 0 Å². The molecule has 1 aliphatic carbocycles. The van der Waals surface area contributed by atoms with E-state index in [9.17, 15) is 4.79 Å². The number of aromatic amines is 1. The number of benzene rings is 2. The van der Waals surface area contributed by atoms with Gasteiger partial charge in [-0.25, -0.2) is 0 Å². The van der Waals surface area contributed by atoms with Crippen LogP contribution < -0.4 is 5.32 Å². The van der Waals surface area contributed by atoms with Crippen molar-refractivity contribution in [3.8, 4) is 0 Å². The molecule has 3 aromatic rings. The van der Waals surface area contributed by atoms with Crippen molar-refractivity contribution in [3.05, 3.63) is 70.9 Å². The fourth-order valence-corrected chi connectivity index (χ4v) is 3.94. The van der Waals surface area contributed by atoms with Gasteiger partial charge in [0, 0.05) is 28.6 Å². The number of rotatable bonds is 5. The SMILES string of the molecule is Cc1ccccc1CC(=O)NCC1(c2c(C)[nH]c3ccccc23)CC1. The van der Waals surface area contributed by atoms with Crippen molar-refractivity contribution in [3.63, 3.8) is 0 Å². The van der Waals surface area contributed by atoms with E-state index < -0.39 is 0 Å². The van der Waals surface area contributed by atoms with Crippen molar-refractivity contribution in [1.82, 2.24) is 10.3 Å². The average Bonchev–Trinajstić information content (AvgIpc) is 3.30. The van der Waals surface area contributed by atoms with Gasteiger partial charge in [0.15, 0.2) is 0 Å². The van der Waals surface area contributed by atoms with Crippen molar-refractivity contribution >= 4 is 16.8 Å². The van der Waals surface area contributed by atoms with Crippen LogP contribution in [0.4, 0.5) is 0 Å². The van der Waals surface area contributed by atoms with Crippen LogP contribution in [0.2, 0.25) is 0 Å². The highest BCUT2D eigenvalue weighted by molar-refractivity contribution is 5.86. The van der Waals surface area contributed by atoms with Gasteiger partial charge in [-0.05, 0) is 49.4 Å². The third-order valence-electron chi connectivity index (χ3n) is 5.51. The van der Waals surface area contributed by atoms with Crippen LogP contribution in [0.25, 0.3) is 10.9 Å². The smallest absolute Gasteiger partial charge is 0.224 e. The minimum atomic E-state index is 0.102. The zero-order chi connectivity index (χ0) is 17.4. The maximum absolute atomic E-state index is 12.4. The molecule has 0 saturated heterocycles. The summed E-state index contributed by atoms with van der Waals surface area (Å²) >= 11 is 0. The van der Waals surface area contributed by atoms with Crippen LogP contribution in [-0.4, -0.2) is 17.4 Å². The van der Waals surface area contributed by atoms with Gasteiger partial charge in [0.2, 0.25) is 5.91 Å². The van der Waals surface area contributed by atoms with Gasteiger partial charge in [-0.1, -0.05) is 42.5 Å². The highest BCUT2D eigenvalue weighted by Crippen LogP contribution is 2.51. The zero-order valence-electron chi connectivity index (χ0n) is 14.9. The van der Waals surface area contributed by atoms with Gasteiger partial charge in [0.1, 0.15) is 0 Å². The number of aryl methyl sites for hydroxylation is 2. The Morgan fingerprint density at radius 2 is 1.80 bits per heavy atom. The summed E-state index contributed by atoms with van der Waals surface area (Å²) in [5.74, 6) is 0.109. The Morgan fingerprint density at radius 1 is 1.08 bits per heavy atom. The molecule has 2 aromatic carbocycles. The number of carbonyl (C=O) groups is 1. The molecular formula is C22H24N2O. The molecule has 0 bridgehead atoms. The molecule has 1 aromatic heterocycles. The first-order valence-corrected chi connectivity index (χ1v) is 8.98. The largest absolute Gasteiger partial charge is 0.358 e. The topological polar surface area (TPSA) is 44.9 Å². The lowest BCUT2D eigenvalue weighted by Crippen LogP contribution is -2.33. The molecule has 3 nitrogen and oxygen atoms in total. The van der Waals surface area contributed by atoms with Crippen molar-refractivity contribution in [2.45, 2.75) is 38.5 Å². The van der Waals surface area contributed by atoms with Crippen LogP contribution in [0, 0.1) is 13.8 Å². The quantitative estimate of drug-likeness (QED) is 0.723. The molecule has 128 valence electrons. The Labute approximate surface area is 148 Å². The van der Waals surface area contributed by atoms with E-state index in [1.807, 2.05) is 18.2 Å². The Kier molecular flexibility index (Phi) is 3.87. The van der Waals surface area contributed by atoms with E-state index in [2.05, 4.69) is 54.5 Å². The Bertz CT molecular complexity index is 934. The molecule has 0 aliphatic heterocycles. The monoisotopic (exact) mass is 332 g/mol. The van der Waals surface area contributed by atoms with Crippen LogP contribution in [0.15, 0.2) is 48.5 Å². The molecule has 1 amide bonds. The fraction of sp³-hybridized carbons (Fsp3) is 0.318. The maximum Gasteiger partial charge on any atom is 0.224 e. The minimum absolute atomic E-state index is 0.102. The predicted molar refractivity (Wildman–Crippen MR) is 102 cm³/mol. The van der Waals surface area contributed by atoms with Gasteiger partial charge in [-0.15, -0.1) is 0 Å². The van der Waals surface area contributed by atoms with E-state index in [4.69, 9.17) is 0 Å². The summed E-state index contributed by atoms with van der Waals surface area (Å²) in [5, 5.41) is 4.49. The van der Waals surface area contributed by atoms with Crippen LogP contribution in [0.3, 0.4) is 0 Å². The number of aromatic nitrogens is 1. The first kappa shape index (κ1) is 15.9. The molecule has 1 fully saturated rings. The summed E-state index contributed by atoms with van der Waals surface area (Å²) in [7, 11) is 0. The van der Waals surface area contributed by atoms with Crippen LogP contribution in [0.1, 0.15) is 35.2 Å². The second-order valence-electron chi connectivity index (χ2n) is 7.33. The standard InChI is InChI=1S/C22H24N2O/c1-15-7-3-4-8-17(15)13-20(25)23-14-22(11-12-22)21-16(2)24-19-10-6-5-9-18(19)21/h3-10,24H,11-14H2,1-2H3,(H,23,25). The van der Waals surface area contributed by atoms with Crippen LogP contribution >= 0.6 is 0 Å². The number of amides is 1. The van der Waals surface area contributed by atoms with Gasteiger partial charge in [0.25, 0.3) is 0 Å². The number of para-hydroxylation sites is 1. The number of H-pyrrole nitrogens is 1. The molecule has 0 unspecified atom stereocenters. The average molecular weight is 332 g/mol. The molecule has 3 heteroatoms. The third-order valence-corrected chi connectivity index (χ3v) is 5.51. The molecule has 0 spiro atoms. The van der Waals surface area contributed by atoms with Gasteiger partial charge in [0.05, 0.1) is 6.42 Å². The molecule has 0 atom stereocenters. The highest BCUT2D eigenvalue weighted by atomic mass is 16.1. The summed E-state index contributed by atoms with van der Waals surface area (Å²) in [6.45, 7) is 4.92. The van der Waals surface area contributed by atoms with E-state index in [-0.39, 0.29) is 11.3 Å². The minimum Gasteiger partial charge on any atom is -0.358 e. The van der Waals surface area contributed by atoms with Crippen LogP contribution in [-0.2, 0) is 16.6 Å². The van der Waals surface area contributed by atoms with Crippen LogP contribution in [0.5, 0.6) is 0 Å². The number of nitrogens with one attached hydrogen (secondary N) is 2. The summed E-state index contributed by atoms with van der Waals surface area (Å²) in [6.07, 6.45) is 2.73. The predicted octanol–water partition coefficient (Wildman–Crippen LogP) is 4.18. The Hall–Kier alpha value is -2.55. The lowest BCUT2D eigenvalue weighted by molar-refractivity contribution is -0.120. The first-order valence-electron chi connectivity index (χ1n) is 8.98. The summed E-state index contributed by atoms with van der Waals surface area (Å²) in [4.78, 5) is 15.9. The Balaban J connectivity index is 1.50. The van der Waals surface area contributed by atoms with E-state index in [0.29, 0.717) is 6.42 Å². The molecule has 25 heavy (non-hydrogen) atoms. The van der Waals surface area contributed by atoms with Crippen molar-refractivity contribution in [1.29, 1.82) is 0 Å². The lowest BCUT2D eigenvalue weighted by Gasteiger charge is -2.17. The molecule has 2 N–H and O–H groups in total. The van der Waals surface area contributed by atoms with Crippen molar-refractivity contribution in [2.75, 3.05) is 6.54 Å². The number of carbonyl (C=O) groups excluding carboxylic acids is 1. The maximum atomic E-state index is 12.4. The van der Waals surface area contributed by atoms with E-state index in [1.165, 1.54) is 27.7 Å². The second kappa shape index (κ2) is 6.07. The van der Waals surface area contributed by atoms with E-state index in [0.717, 1.165) is 24.9 Å². The first-order chi connectivity index (χ1) is 12.1. The normalized spacial score (nSPS) is 15.3. The van der Waals surface area contributed by atoms with Gasteiger partial charge in [-0.2, -0.15) is 0 Å². The number of fused-ring (bicyclic) bond motifs is 1. The zero-order valence-corrected chi connectivity index (χ0v) is 14.9. The summed E-state index contributed by atoms with van der Waals surface area (Å²) in [5.41, 5.74) is 6.18. The molecule has 0 radical (unpaired) electrons. The molecular weight excluding hydrogens is 308 g/mol. The molecule has 1 saturated carbocycles. The third kappa shape index (κ3) is 2.95. The lowest BCUT2D eigenvalue weighted by atomic mass is 9.92. The second-order valence-corrected chi connectivity index (χ2v) is 7.33. The van der Waals surface area contributed by atoms with Gasteiger partial charge >= 0.3 is 0 Å². The van der Waals surface area contributed by atoms with Gasteiger partial charge in [-0.3, -0.25) is 4.79 Å². The van der Waals surface area contributed by atoms with Gasteiger partial charge < -0.3 is 10.3 Å². The highest BCUT2D eigenvalue weighted by Gasteiger charge is 2.46. The summed E-state index contributed by atoms with van der Waals surface area (Å²) in [6, 6.07) is 16.6. The van der Waals surface area contributed by atoms with E-state index in [1.54, 1.807) is 0 Å². The van der Waals surface area contributed by atoms with Crippen molar-refractivity contribution in [2.24, 2.45) is 0 Å². The summed E-state index contributed by atoms with van der Waals surface area (Å²) < 4.78 is 0. The Morgan fingerprint density at radius 3 is 2.56 bits per heavy atom. The molecule has 1 heterocycles. The number of hydrogen-bond donors (Lipinski definition) is 2. The molecule has 1 aliphatic rings. The van der Waals surface area contributed by atoms with Crippen molar-refractivity contribution < 1.29 is 4.79 Å². The number of hydrogen-bond acceptors (Lipinski definition) is 1. The fourth-order valence-electron chi connectivity index (χ4n) is 3.94.